The molecule has 2 saturated heterocycles. The lowest BCUT2D eigenvalue weighted by Crippen LogP contribution is -2.41. The van der Waals surface area contributed by atoms with Crippen LogP contribution in [0.15, 0.2) is 24.3 Å². The van der Waals surface area contributed by atoms with Crippen LogP contribution in [0.2, 0.25) is 0 Å². The number of carbonyl (C=O) groups excluding carboxylic acids is 3. The van der Waals surface area contributed by atoms with Crippen molar-refractivity contribution < 1.29 is 26.7 Å². The number of thioether (sulfide) groups is 1. The first-order valence-corrected chi connectivity index (χ1v) is 12.9. The maximum Gasteiger partial charge on any atom is 0.326 e. The fraction of sp³-hybridized carbons (Fsp3) is 0.583. The fourth-order valence-electron chi connectivity index (χ4n) is 4.03. The molecule has 2 aliphatic heterocycles. The van der Waals surface area contributed by atoms with Gasteiger partial charge in [0.25, 0.3) is 0 Å². The van der Waals surface area contributed by atoms with E-state index in [1.54, 1.807) is 11.8 Å². The highest BCUT2D eigenvalue weighted by Crippen LogP contribution is 2.36. The molecule has 1 aromatic carbocycles. The second kappa shape index (κ2) is 13.3. The molecule has 2 heterocycles. The first kappa shape index (κ1) is 26.8. The van der Waals surface area contributed by atoms with Crippen LogP contribution in [0.1, 0.15) is 23.1 Å². The predicted molar refractivity (Wildman–Crippen MR) is 138 cm³/mol. The third-order valence-corrected chi connectivity index (χ3v) is 7.37. The third-order valence-electron chi connectivity index (χ3n) is 5.87. The molecule has 11 heteroatoms. The monoisotopic (exact) mass is 507 g/mol. The summed E-state index contributed by atoms with van der Waals surface area (Å²) in [7, 11) is 0. The Morgan fingerprint density at radius 1 is 1.31 bits per heavy atom. The Bertz CT molecular complexity index is 944. The van der Waals surface area contributed by atoms with Gasteiger partial charge in [-0.2, -0.15) is 5.26 Å². The van der Waals surface area contributed by atoms with Crippen molar-refractivity contribution in [2.75, 3.05) is 63.2 Å². The van der Waals surface area contributed by atoms with Gasteiger partial charge in [0.05, 0.1) is 25.9 Å². The molecule has 3 unspecified atom stereocenters. The molecular formula is C24H37N5O5S. The SMILES string of the molecule is CCOC(=O)C(C#N)C1SC(CNc2cccc(NC(=O)CCN3CCOCC3)c2)C(=O)N1CC.[HH].[HH]. The maximum atomic E-state index is 12.9. The van der Waals surface area contributed by atoms with Gasteiger partial charge in [0.2, 0.25) is 11.8 Å². The summed E-state index contributed by atoms with van der Waals surface area (Å²) in [5.41, 5.74) is 1.44. The van der Waals surface area contributed by atoms with Crippen molar-refractivity contribution in [1.82, 2.24) is 9.80 Å². The Balaban J connectivity index is 0.00000342. The molecule has 0 aromatic heterocycles. The summed E-state index contributed by atoms with van der Waals surface area (Å²) < 4.78 is 10.4. The number of hydrogen-bond donors (Lipinski definition) is 2. The van der Waals surface area contributed by atoms with E-state index in [1.165, 1.54) is 11.8 Å². The van der Waals surface area contributed by atoms with Crippen molar-refractivity contribution in [2.45, 2.75) is 30.9 Å². The minimum absolute atomic E-state index is 0. The summed E-state index contributed by atoms with van der Waals surface area (Å²) in [6.45, 7) is 8.20. The maximum absolute atomic E-state index is 12.9. The van der Waals surface area contributed by atoms with Crippen molar-refractivity contribution in [3.63, 3.8) is 0 Å². The van der Waals surface area contributed by atoms with Crippen molar-refractivity contribution in [1.29, 1.82) is 5.26 Å². The fourth-order valence-corrected chi connectivity index (χ4v) is 5.53. The molecule has 10 nitrogen and oxygen atoms in total. The first-order valence-electron chi connectivity index (χ1n) is 11.9. The Morgan fingerprint density at radius 2 is 2.06 bits per heavy atom. The lowest BCUT2D eigenvalue weighted by Gasteiger charge is -2.26. The van der Waals surface area contributed by atoms with Gasteiger partial charge in [0.15, 0.2) is 5.92 Å². The lowest BCUT2D eigenvalue weighted by atomic mass is 10.1. The summed E-state index contributed by atoms with van der Waals surface area (Å²) >= 11 is 1.30. The number of amides is 2. The van der Waals surface area contributed by atoms with Crippen LogP contribution in [0.25, 0.3) is 0 Å². The van der Waals surface area contributed by atoms with Gasteiger partial charge in [-0.1, -0.05) is 6.07 Å². The molecule has 3 atom stereocenters. The number of rotatable bonds is 11. The molecule has 2 aliphatic rings. The number of morpholine rings is 1. The van der Waals surface area contributed by atoms with E-state index < -0.39 is 22.5 Å². The number of esters is 1. The summed E-state index contributed by atoms with van der Waals surface area (Å²) in [5, 5.41) is 14.7. The van der Waals surface area contributed by atoms with E-state index >= 15 is 0 Å². The van der Waals surface area contributed by atoms with Crippen molar-refractivity contribution >= 4 is 40.9 Å². The zero-order valence-corrected chi connectivity index (χ0v) is 21.0. The molecule has 194 valence electrons. The number of benzene rings is 1. The van der Waals surface area contributed by atoms with E-state index in [0.717, 1.165) is 18.8 Å². The zero-order valence-electron chi connectivity index (χ0n) is 20.2. The van der Waals surface area contributed by atoms with E-state index in [9.17, 15) is 19.6 Å². The highest BCUT2D eigenvalue weighted by Gasteiger charge is 2.46. The Morgan fingerprint density at radius 3 is 2.74 bits per heavy atom. The van der Waals surface area contributed by atoms with Crippen molar-refractivity contribution in [2.24, 2.45) is 5.92 Å². The second-order valence-electron chi connectivity index (χ2n) is 8.21. The molecule has 3 rings (SSSR count). The molecule has 2 N–H and O–H groups in total. The van der Waals surface area contributed by atoms with E-state index in [2.05, 4.69) is 15.5 Å². The Hall–Kier alpha value is -2.81. The van der Waals surface area contributed by atoms with Crippen LogP contribution in [0.4, 0.5) is 11.4 Å². The van der Waals surface area contributed by atoms with Crippen LogP contribution >= 0.6 is 11.8 Å². The summed E-state index contributed by atoms with van der Waals surface area (Å²) in [6.07, 6.45) is 0.402. The summed E-state index contributed by atoms with van der Waals surface area (Å²) in [5.74, 6) is -1.82. The molecule has 1 aromatic rings. The first-order chi connectivity index (χ1) is 17.0. The Labute approximate surface area is 213 Å². The highest BCUT2D eigenvalue weighted by molar-refractivity contribution is 8.01. The summed E-state index contributed by atoms with van der Waals surface area (Å²) in [6, 6.07) is 9.34. The van der Waals surface area contributed by atoms with E-state index in [1.807, 2.05) is 37.3 Å². The number of nitrogens with one attached hydrogen (secondary N) is 2. The quantitative estimate of drug-likeness (QED) is 0.434. The molecular weight excluding hydrogens is 470 g/mol. The number of nitrogens with zero attached hydrogens (tertiary/aromatic N) is 3. The average Bonchev–Trinajstić information content (AvgIpc) is 3.17. The molecule has 0 bridgehead atoms. The lowest BCUT2D eigenvalue weighted by molar-refractivity contribution is -0.147. The van der Waals surface area contributed by atoms with Crippen LogP contribution in [0, 0.1) is 17.2 Å². The topological polar surface area (TPSA) is 124 Å². The smallest absolute Gasteiger partial charge is 0.326 e. The van der Waals surface area contributed by atoms with Crippen LogP contribution in [-0.2, 0) is 23.9 Å². The summed E-state index contributed by atoms with van der Waals surface area (Å²) in [4.78, 5) is 41.3. The van der Waals surface area contributed by atoms with Gasteiger partial charge in [-0.25, -0.2) is 0 Å². The molecule has 0 radical (unpaired) electrons. The standard InChI is InChI=1S/C24H33N5O5S.2H2/c1-3-29-22(31)20(35-23(29)19(15-25)24(32)34-4-2)16-26-17-6-5-7-18(14-17)27-21(30)8-9-28-10-12-33-13-11-28;;/h5-7,14,19-20,23,26H,3-4,8-13,16H2,1-2H3,(H,27,30);2*1H. The van der Waals surface area contributed by atoms with Gasteiger partial charge in [-0.05, 0) is 32.0 Å². The molecule has 0 saturated carbocycles. The number of ether oxygens (including phenoxy) is 2. The number of anilines is 2. The van der Waals surface area contributed by atoms with Gasteiger partial charge in [0.1, 0.15) is 10.6 Å². The third kappa shape index (κ3) is 7.34. The molecule has 2 amide bonds. The van der Waals surface area contributed by atoms with Gasteiger partial charge in [0, 0.05) is 53.4 Å². The van der Waals surface area contributed by atoms with Crippen LogP contribution in [0.3, 0.4) is 0 Å². The number of carbonyl (C=O) groups is 3. The van der Waals surface area contributed by atoms with E-state index in [0.29, 0.717) is 45.0 Å². The zero-order chi connectivity index (χ0) is 25.2. The van der Waals surface area contributed by atoms with Crippen LogP contribution in [0.5, 0.6) is 0 Å². The molecule has 2 fully saturated rings. The van der Waals surface area contributed by atoms with Gasteiger partial charge < -0.3 is 25.0 Å². The predicted octanol–water partition coefficient (Wildman–Crippen LogP) is 2.24. The highest BCUT2D eigenvalue weighted by atomic mass is 32.2. The van der Waals surface area contributed by atoms with Gasteiger partial charge >= 0.3 is 5.97 Å². The second-order valence-corrected chi connectivity index (χ2v) is 9.54. The minimum atomic E-state index is -1.04. The van der Waals surface area contributed by atoms with Crippen molar-refractivity contribution in [3.05, 3.63) is 24.3 Å². The van der Waals surface area contributed by atoms with Crippen molar-refractivity contribution in [3.8, 4) is 6.07 Å². The van der Waals surface area contributed by atoms with E-state index in [4.69, 9.17) is 9.47 Å². The largest absolute Gasteiger partial charge is 0.465 e. The Kier molecular flexibility index (Phi) is 10.2. The average molecular weight is 508 g/mol. The van der Waals surface area contributed by atoms with Crippen LogP contribution in [-0.4, -0.2) is 90.8 Å². The molecule has 0 spiro atoms. The normalized spacial score (nSPS) is 21.3. The molecule has 35 heavy (non-hydrogen) atoms. The van der Waals surface area contributed by atoms with Gasteiger partial charge in [-0.15, -0.1) is 11.8 Å². The number of hydrogen-bond acceptors (Lipinski definition) is 9. The number of nitriles is 1. The van der Waals surface area contributed by atoms with E-state index in [-0.39, 0.29) is 21.3 Å². The van der Waals surface area contributed by atoms with Gasteiger partial charge in [-0.3, -0.25) is 19.3 Å². The minimum Gasteiger partial charge on any atom is -0.465 e. The molecule has 0 aliphatic carbocycles. The van der Waals surface area contributed by atoms with Crippen LogP contribution < -0.4 is 10.6 Å².